The van der Waals surface area contributed by atoms with Gasteiger partial charge in [0.1, 0.15) is 5.82 Å². The molecule has 0 bridgehead atoms. The molecule has 15 heavy (non-hydrogen) atoms. The third kappa shape index (κ3) is 2.05. The predicted molar refractivity (Wildman–Crippen MR) is 56.6 cm³/mol. The SMILES string of the molecule is N#Cc1cc(F)ccc1C1=CCNCC1. The molecule has 2 nitrogen and oxygen atoms in total. The van der Waals surface area contributed by atoms with Crippen molar-refractivity contribution in [3.63, 3.8) is 0 Å². The van der Waals surface area contributed by atoms with Gasteiger partial charge in [0.05, 0.1) is 11.6 Å². The summed E-state index contributed by atoms with van der Waals surface area (Å²) in [6, 6.07) is 6.41. The van der Waals surface area contributed by atoms with Crippen LogP contribution in [-0.4, -0.2) is 13.1 Å². The summed E-state index contributed by atoms with van der Waals surface area (Å²) in [4.78, 5) is 0. The lowest BCUT2D eigenvalue weighted by Gasteiger charge is -2.15. The van der Waals surface area contributed by atoms with Gasteiger partial charge in [0, 0.05) is 6.54 Å². The normalized spacial score (nSPS) is 15.6. The topological polar surface area (TPSA) is 35.8 Å². The van der Waals surface area contributed by atoms with E-state index >= 15 is 0 Å². The van der Waals surface area contributed by atoms with Gasteiger partial charge in [-0.05, 0) is 36.2 Å². The van der Waals surface area contributed by atoms with Crippen LogP contribution in [-0.2, 0) is 0 Å². The lowest BCUT2D eigenvalue weighted by Crippen LogP contribution is -2.20. The maximum atomic E-state index is 12.9. The molecule has 0 radical (unpaired) electrons. The van der Waals surface area contributed by atoms with E-state index in [0.29, 0.717) is 5.56 Å². The van der Waals surface area contributed by atoms with Crippen LogP contribution < -0.4 is 5.32 Å². The third-order valence-electron chi connectivity index (χ3n) is 2.51. The Bertz CT molecular complexity index is 443. The van der Waals surface area contributed by atoms with Crippen molar-refractivity contribution in [3.05, 3.63) is 41.2 Å². The van der Waals surface area contributed by atoms with Crippen LogP contribution in [0.1, 0.15) is 17.5 Å². The summed E-state index contributed by atoms with van der Waals surface area (Å²) in [5.74, 6) is -0.357. The number of nitrogens with zero attached hydrogens (tertiary/aromatic N) is 1. The van der Waals surface area contributed by atoms with Gasteiger partial charge in [0.15, 0.2) is 0 Å². The largest absolute Gasteiger partial charge is 0.313 e. The zero-order valence-electron chi connectivity index (χ0n) is 8.26. The Kier molecular flexibility index (Phi) is 2.79. The monoisotopic (exact) mass is 202 g/mol. The highest BCUT2D eigenvalue weighted by molar-refractivity contribution is 5.71. The standard InChI is InChI=1S/C12H11FN2/c13-11-1-2-12(10(7-11)8-14)9-3-5-15-6-4-9/h1-3,7,15H,4-6H2. The number of benzene rings is 1. The Morgan fingerprint density at radius 2 is 2.27 bits per heavy atom. The second kappa shape index (κ2) is 4.24. The molecule has 0 saturated carbocycles. The summed E-state index contributed by atoms with van der Waals surface area (Å²) >= 11 is 0. The van der Waals surface area contributed by atoms with Crippen molar-refractivity contribution in [1.29, 1.82) is 5.26 Å². The average molecular weight is 202 g/mol. The van der Waals surface area contributed by atoms with E-state index in [1.54, 1.807) is 6.07 Å². The van der Waals surface area contributed by atoms with E-state index in [4.69, 9.17) is 5.26 Å². The minimum absolute atomic E-state index is 0.357. The van der Waals surface area contributed by atoms with Gasteiger partial charge in [-0.2, -0.15) is 5.26 Å². The Morgan fingerprint density at radius 3 is 2.93 bits per heavy atom. The first-order chi connectivity index (χ1) is 7.31. The molecule has 76 valence electrons. The molecule has 0 aliphatic carbocycles. The summed E-state index contributed by atoms with van der Waals surface area (Å²) in [5.41, 5.74) is 2.41. The Hall–Kier alpha value is -1.66. The predicted octanol–water partition coefficient (Wildman–Crippen LogP) is 2.07. The first-order valence-corrected chi connectivity index (χ1v) is 4.91. The molecular formula is C12H11FN2. The fourth-order valence-corrected chi connectivity index (χ4v) is 1.76. The van der Waals surface area contributed by atoms with Crippen molar-refractivity contribution in [2.45, 2.75) is 6.42 Å². The Morgan fingerprint density at radius 1 is 1.40 bits per heavy atom. The van der Waals surface area contributed by atoms with Gasteiger partial charge in [-0.25, -0.2) is 4.39 Å². The molecule has 1 aromatic carbocycles. The number of rotatable bonds is 1. The van der Waals surface area contributed by atoms with Crippen LogP contribution in [0.5, 0.6) is 0 Å². The highest BCUT2D eigenvalue weighted by Crippen LogP contribution is 2.23. The van der Waals surface area contributed by atoms with Gasteiger partial charge < -0.3 is 5.32 Å². The fraction of sp³-hybridized carbons (Fsp3) is 0.250. The smallest absolute Gasteiger partial charge is 0.124 e. The number of nitriles is 1. The highest BCUT2D eigenvalue weighted by atomic mass is 19.1. The summed E-state index contributed by atoms with van der Waals surface area (Å²) in [6.07, 6.45) is 2.94. The molecule has 2 rings (SSSR count). The molecule has 1 N–H and O–H groups in total. The molecular weight excluding hydrogens is 191 g/mol. The molecule has 0 aromatic heterocycles. The van der Waals surface area contributed by atoms with E-state index in [0.717, 1.165) is 30.6 Å². The first-order valence-electron chi connectivity index (χ1n) is 4.91. The summed E-state index contributed by atoms with van der Waals surface area (Å²) in [5, 5.41) is 12.1. The van der Waals surface area contributed by atoms with Crippen molar-refractivity contribution >= 4 is 5.57 Å². The van der Waals surface area contributed by atoms with Gasteiger partial charge in [0.2, 0.25) is 0 Å². The minimum atomic E-state index is -0.357. The molecule has 0 fully saturated rings. The quantitative estimate of drug-likeness (QED) is 0.756. The molecule has 1 aromatic rings. The van der Waals surface area contributed by atoms with Gasteiger partial charge >= 0.3 is 0 Å². The van der Waals surface area contributed by atoms with Crippen LogP contribution in [0.15, 0.2) is 24.3 Å². The highest BCUT2D eigenvalue weighted by Gasteiger charge is 2.10. The molecule has 1 aliphatic rings. The number of halogens is 1. The molecule has 1 aliphatic heterocycles. The van der Waals surface area contributed by atoms with E-state index in [-0.39, 0.29) is 5.82 Å². The van der Waals surface area contributed by atoms with Crippen molar-refractivity contribution < 1.29 is 4.39 Å². The van der Waals surface area contributed by atoms with Crippen LogP contribution in [0.3, 0.4) is 0 Å². The molecule has 3 heteroatoms. The molecule has 1 heterocycles. The molecule has 0 saturated heterocycles. The van der Waals surface area contributed by atoms with Gasteiger partial charge in [0.25, 0.3) is 0 Å². The minimum Gasteiger partial charge on any atom is -0.313 e. The summed E-state index contributed by atoms with van der Waals surface area (Å²) in [7, 11) is 0. The van der Waals surface area contributed by atoms with E-state index in [2.05, 4.69) is 11.4 Å². The second-order valence-electron chi connectivity index (χ2n) is 3.49. The van der Waals surface area contributed by atoms with Crippen LogP contribution in [0.25, 0.3) is 5.57 Å². The molecule has 0 amide bonds. The van der Waals surface area contributed by atoms with Gasteiger partial charge in [-0.3, -0.25) is 0 Å². The number of nitrogens with one attached hydrogen (secondary N) is 1. The van der Waals surface area contributed by atoms with E-state index < -0.39 is 0 Å². The van der Waals surface area contributed by atoms with E-state index in [1.807, 2.05) is 6.07 Å². The van der Waals surface area contributed by atoms with Gasteiger partial charge in [-0.1, -0.05) is 12.1 Å². The zero-order chi connectivity index (χ0) is 10.7. The summed E-state index contributed by atoms with van der Waals surface area (Å²) < 4.78 is 12.9. The van der Waals surface area contributed by atoms with Crippen molar-refractivity contribution in [2.24, 2.45) is 0 Å². The second-order valence-corrected chi connectivity index (χ2v) is 3.49. The van der Waals surface area contributed by atoms with Crippen molar-refractivity contribution in [1.82, 2.24) is 5.32 Å². The molecule has 0 atom stereocenters. The lowest BCUT2D eigenvalue weighted by molar-refractivity contribution is 0.627. The lowest BCUT2D eigenvalue weighted by atomic mass is 9.96. The average Bonchev–Trinajstić information content (AvgIpc) is 2.30. The number of hydrogen-bond acceptors (Lipinski definition) is 2. The molecule has 0 spiro atoms. The van der Waals surface area contributed by atoms with E-state index in [1.165, 1.54) is 12.1 Å². The third-order valence-corrected chi connectivity index (χ3v) is 2.51. The maximum Gasteiger partial charge on any atom is 0.124 e. The Labute approximate surface area is 88.0 Å². The fourth-order valence-electron chi connectivity index (χ4n) is 1.76. The number of hydrogen-bond donors (Lipinski definition) is 1. The van der Waals surface area contributed by atoms with Crippen molar-refractivity contribution in [2.75, 3.05) is 13.1 Å². The van der Waals surface area contributed by atoms with Crippen molar-refractivity contribution in [3.8, 4) is 6.07 Å². The Balaban J connectivity index is 2.43. The van der Waals surface area contributed by atoms with Crippen LogP contribution in [0, 0.1) is 17.1 Å². The van der Waals surface area contributed by atoms with Gasteiger partial charge in [-0.15, -0.1) is 0 Å². The summed E-state index contributed by atoms with van der Waals surface area (Å²) in [6.45, 7) is 1.73. The zero-order valence-corrected chi connectivity index (χ0v) is 8.26. The van der Waals surface area contributed by atoms with E-state index in [9.17, 15) is 4.39 Å². The van der Waals surface area contributed by atoms with Crippen LogP contribution in [0.2, 0.25) is 0 Å². The maximum absolute atomic E-state index is 12.9. The molecule has 0 unspecified atom stereocenters. The van der Waals surface area contributed by atoms with Crippen LogP contribution >= 0.6 is 0 Å². The first kappa shape index (κ1) is 9.88. The van der Waals surface area contributed by atoms with Crippen LogP contribution in [0.4, 0.5) is 4.39 Å².